The van der Waals surface area contributed by atoms with Gasteiger partial charge in [-0.05, 0) is 12.8 Å². The topological polar surface area (TPSA) is 210 Å². The zero-order valence-corrected chi connectivity index (χ0v) is 34.4. The maximum Gasteiger partial charge on any atom is 0.472 e. The third-order valence-electron chi connectivity index (χ3n) is 10.2. The predicted octanol–water partition coefficient (Wildman–Crippen LogP) is 7.33. The van der Waals surface area contributed by atoms with Gasteiger partial charge in [-0.3, -0.25) is 18.6 Å². The first-order valence-corrected chi connectivity index (χ1v) is 22.8. The molecule has 0 aromatic carbocycles. The number of aliphatic hydroxyl groups is 5. The molecule has 13 nitrogen and oxygen atoms in total. The highest BCUT2D eigenvalue weighted by Gasteiger charge is 2.51. The van der Waals surface area contributed by atoms with E-state index in [0.717, 1.165) is 44.9 Å². The van der Waals surface area contributed by atoms with Crippen molar-refractivity contribution in [3.05, 3.63) is 0 Å². The normalized spacial score (nSPS) is 23.2. The second-order valence-electron chi connectivity index (χ2n) is 15.2. The molecule has 6 unspecified atom stereocenters. The van der Waals surface area contributed by atoms with Crippen molar-refractivity contribution in [3.63, 3.8) is 0 Å². The number of esters is 2. The van der Waals surface area contributed by atoms with Gasteiger partial charge in [0.15, 0.2) is 6.10 Å². The van der Waals surface area contributed by atoms with Gasteiger partial charge in [0.25, 0.3) is 0 Å². The van der Waals surface area contributed by atoms with Crippen LogP contribution in [0.3, 0.4) is 0 Å². The van der Waals surface area contributed by atoms with Crippen LogP contribution in [0.4, 0.5) is 0 Å². The number of phosphoric ester groups is 1. The Morgan fingerprint density at radius 1 is 0.500 bits per heavy atom. The van der Waals surface area contributed by atoms with E-state index in [1.807, 2.05) is 0 Å². The molecule has 0 aromatic heterocycles. The monoisotopic (exact) mass is 797 g/mol. The van der Waals surface area contributed by atoms with E-state index in [9.17, 15) is 44.6 Å². The van der Waals surface area contributed by atoms with Gasteiger partial charge in [0.1, 0.15) is 43.2 Å². The maximum atomic E-state index is 12.7. The summed E-state index contributed by atoms with van der Waals surface area (Å²) < 4.78 is 33.2. The molecule has 0 aliphatic heterocycles. The number of phosphoric acid groups is 1. The standard InChI is InChI=1S/C40H77O13P/c1-3-5-7-9-10-11-12-13-14-15-16-17-18-19-20-21-22-23-25-27-29-34(42)52-32(30-50-33(41)28-26-24-8-6-4-2)31-51-54(48,49)53-40-38(46)36(44)35(43)37(45)39(40)47/h32,35-40,43-47H,3-31H2,1-2H3,(H,48,49). The van der Waals surface area contributed by atoms with E-state index in [2.05, 4.69) is 13.8 Å². The number of hydrogen-bond donors (Lipinski definition) is 6. The fourth-order valence-electron chi connectivity index (χ4n) is 6.70. The van der Waals surface area contributed by atoms with Crippen LogP contribution in [0.25, 0.3) is 0 Å². The van der Waals surface area contributed by atoms with Crippen molar-refractivity contribution in [1.29, 1.82) is 0 Å². The molecule has 0 saturated heterocycles. The Labute approximate surface area is 325 Å². The minimum absolute atomic E-state index is 0.104. The number of carbonyl (C=O) groups is 2. The first kappa shape index (κ1) is 50.9. The Kier molecular flexibility index (Phi) is 30.0. The van der Waals surface area contributed by atoms with Crippen LogP contribution < -0.4 is 0 Å². The lowest BCUT2D eigenvalue weighted by Crippen LogP contribution is -2.64. The van der Waals surface area contributed by atoms with E-state index in [1.54, 1.807) is 0 Å². The molecule has 0 bridgehead atoms. The maximum absolute atomic E-state index is 12.7. The summed E-state index contributed by atoms with van der Waals surface area (Å²) >= 11 is 0. The van der Waals surface area contributed by atoms with E-state index in [1.165, 1.54) is 103 Å². The molecule has 14 heteroatoms. The molecule has 1 aliphatic carbocycles. The highest BCUT2D eigenvalue weighted by atomic mass is 31.2. The third kappa shape index (κ3) is 24.5. The van der Waals surface area contributed by atoms with Crippen molar-refractivity contribution in [1.82, 2.24) is 0 Å². The predicted molar refractivity (Wildman–Crippen MR) is 208 cm³/mol. The lowest BCUT2D eigenvalue weighted by molar-refractivity contribution is -0.220. The number of rotatable bonds is 35. The zero-order chi connectivity index (χ0) is 40.0. The van der Waals surface area contributed by atoms with Crippen LogP contribution in [0.2, 0.25) is 0 Å². The van der Waals surface area contributed by atoms with Crippen molar-refractivity contribution in [2.24, 2.45) is 0 Å². The summed E-state index contributed by atoms with van der Waals surface area (Å²) in [7, 11) is -5.10. The molecule has 1 aliphatic rings. The fourth-order valence-corrected chi connectivity index (χ4v) is 7.67. The molecular weight excluding hydrogens is 719 g/mol. The van der Waals surface area contributed by atoms with Gasteiger partial charge >= 0.3 is 19.8 Å². The van der Waals surface area contributed by atoms with Gasteiger partial charge in [0, 0.05) is 12.8 Å². The Morgan fingerprint density at radius 2 is 0.833 bits per heavy atom. The molecule has 6 atom stereocenters. The van der Waals surface area contributed by atoms with E-state index in [-0.39, 0.29) is 12.8 Å². The number of carbonyl (C=O) groups excluding carboxylic acids is 2. The van der Waals surface area contributed by atoms with E-state index in [4.69, 9.17) is 18.5 Å². The Bertz CT molecular complexity index is 969. The molecular formula is C40H77O13P. The summed E-state index contributed by atoms with van der Waals surface area (Å²) in [5.41, 5.74) is 0. The second-order valence-corrected chi connectivity index (χ2v) is 16.6. The molecule has 54 heavy (non-hydrogen) atoms. The summed E-state index contributed by atoms with van der Waals surface area (Å²) in [5.74, 6) is -1.10. The van der Waals surface area contributed by atoms with Crippen molar-refractivity contribution >= 4 is 19.8 Å². The lowest BCUT2D eigenvalue weighted by atomic mass is 9.85. The van der Waals surface area contributed by atoms with Gasteiger partial charge in [0.05, 0.1) is 6.61 Å². The Morgan fingerprint density at radius 3 is 1.22 bits per heavy atom. The van der Waals surface area contributed by atoms with Crippen LogP contribution in [0.15, 0.2) is 0 Å². The van der Waals surface area contributed by atoms with Gasteiger partial charge in [-0.1, -0.05) is 162 Å². The van der Waals surface area contributed by atoms with Crippen molar-refractivity contribution in [3.8, 4) is 0 Å². The van der Waals surface area contributed by atoms with E-state index >= 15 is 0 Å². The van der Waals surface area contributed by atoms with Crippen molar-refractivity contribution < 1.29 is 63.1 Å². The SMILES string of the molecule is CCCCCCCCCCCCCCCCCCCCCCC(=O)OC(COC(=O)CCCCCCC)COP(=O)(O)OC1C(O)C(O)C(O)C(O)C1O. The second kappa shape index (κ2) is 31.9. The van der Waals surface area contributed by atoms with Crippen molar-refractivity contribution in [2.75, 3.05) is 13.2 Å². The fraction of sp³-hybridized carbons (Fsp3) is 0.950. The van der Waals surface area contributed by atoms with E-state index in [0.29, 0.717) is 12.8 Å². The lowest BCUT2D eigenvalue weighted by Gasteiger charge is -2.41. The van der Waals surface area contributed by atoms with Crippen LogP contribution in [0.5, 0.6) is 0 Å². The highest BCUT2D eigenvalue weighted by Crippen LogP contribution is 2.47. The zero-order valence-electron chi connectivity index (χ0n) is 33.5. The molecule has 1 fully saturated rings. The molecule has 1 rings (SSSR count). The quantitative estimate of drug-likeness (QED) is 0.0211. The molecule has 1 saturated carbocycles. The Hall–Kier alpha value is -1.15. The number of ether oxygens (including phenoxy) is 2. The number of unbranched alkanes of at least 4 members (excludes halogenated alkanes) is 23. The number of aliphatic hydroxyl groups excluding tert-OH is 5. The molecule has 0 spiro atoms. The average molecular weight is 797 g/mol. The highest BCUT2D eigenvalue weighted by molar-refractivity contribution is 7.47. The Balaban J connectivity index is 2.34. The van der Waals surface area contributed by atoms with Crippen LogP contribution in [0, 0.1) is 0 Å². The summed E-state index contributed by atoms with van der Waals surface area (Å²) in [6.07, 6.45) is 16.7. The van der Waals surface area contributed by atoms with Crippen LogP contribution in [-0.2, 0) is 32.7 Å². The van der Waals surface area contributed by atoms with E-state index < -0.39 is 75.7 Å². The molecule has 0 amide bonds. The smallest absolute Gasteiger partial charge is 0.462 e. The van der Waals surface area contributed by atoms with Gasteiger partial charge in [-0.15, -0.1) is 0 Å². The van der Waals surface area contributed by atoms with Crippen molar-refractivity contribution in [2.45, 2.75) is 230 Å². The largest absolute Gasteiger partial charge is 0.472 e. The summed E-state index contributed by atoms with van der Waals surface area (Å²) in [6.45, 7) is 3.19. The number of hydrogen-bond acceptors (Lipinski definition) is 12. The third-order valence-corrected chi connectivity index (χ3v) is 11.2. The summed E-state index contributed by atoms with van der Waals surface area (Å²) in [4.78, 5) is 35.3. The van der Waals surface area contributed by atoms with Gasteiger partial charge in [-0.25, -0.2) is 4.57 Å². The minimum Gasteiger partial charge on any atom is -0.462 e. The van der Waals surface area contributed by atoms with Crippen LogP contribution in [-0.4, -0.2) is 98.3 Å². The first-order valence-electron chi connectivity index (χ1n) is 21.3. The van der Waals surface area contributed by atoms with Crippen LogP contribution >= 0.6 is 7.82 Å². The molecule has 6 N–H and O–H groups in total. The minimum atomic E-state index is -5.10. The molecule has 0 heterocycles. The average Bonchev–Trinajstić information content (AvgIpc) is 3.15. The first-order chi connectivity index (χ1) is 25.9. The van der Waals surface area contributed by atoms with Gasteiger partial charge in [0.2, 0.25) is 0 Å². The van der Waals surface area contributed by atoms with Gasteiger partial charge in [-0.2, -0.15) is 0 Å². The molecule has 0 radical (unpaired) electrons. The van der Waals surface area contributed by atoms with Crippen LogP contribution in [0.1, 0.15) is 187 Å². The van der Waals surface area contributed by atoms with Gasteiger partial charge < -0.3 is 39.9 Å². The summed E-state index contributed by atoms with van der Waals surface area (Å²) in [5, 5.41) is 49.9. The summed E-state index contributed by atoms with van der Waals surface area (Å²) in [6, 6.07) is 0. The molecule has 320 valence electrons. The molecule has 0 aromatic rings.